The predicted molar refractivity (Wildman–Crippen MR) is 164 cm³/mol. The van der Waals surface area contributed by atoms with Crippen LogP contribution in [0.2, 0.25) is 10.2 Å². The van der Waals surface area contributed by atoms with E-state index in [1.807, 2.05) is 37.3 Å². The molecule has 0 aliphatic carbocycles. The van der Waals surface area contributed by atoms with Crippen LogP contribution in [0.4, 0.5) is 10.5 Å². The Labute approximate surface area is 256 Å². The molecule has 5 aromatic rings. The number of methoxy groups -OCH3 is 1. The molecule has 0 radical (unpaired) electrons. The number of halogens is 2. The number of aromatic nitrogens is 6. The number of benzene rings is 3. The maximum absolute atomic E-state index is 13.4. The Morgan fingerprint density at radius 3 is 2.53 bits per heavy atom. The molecule has 0 aliphatic rings. The molecular weight excluding hydrogens is 591 g/mol. The number of nitrogens with zero attached hydrogens (tertiary/aromatic N) is 5. The zero-order valence-corrected chi connectivity index (χ0v) is 24.6. The molecule has 218 valence electrons. The van der Waals surface area contributed by atoms with Gasteiger partial charge in [-0.2, -0.15) is 4.68 Å². The minimum atomic E-state index is -0.571. The molecule has 0 saturated carbocycles. The van der Waals surface area contributed by atoms with Crippen LogP contribution in [0.5, 0.6) is 0 Å². The second-order valence-corrected chi connectivity index (χ2v) is 10.3. The fraction of sp³-hybridized carbons (Fsp3) is 0.133. The van der Waals surface area contributed by atoms with Crippen LogP contribution in [0.1, 0.15) is 29.9 Å². The number of aromatic amines is 1. The lowest BCUT2D eigenvalue weighted by atomic mass is 10.0. The molecule has 0 bridgehead atoms. The first-order valence-corrected chi connectivity index (χ1v) is 13.8. The number of anilines is 1. The van der Waals surface area contributed by atoms with Gasteiger partial charge < -0.3 is 15.0 Å². The number of nitrogens with one attached hydrogen (secondary N) is 3. The molecule has 1 atom stereocenters. The topological polar surface area (TPSA) is 140 Å². The third-order valence-electron chi connectivity index (χ3n) is 6.52. The SMILES string of the molecule is COC(=O)Nc1ccc(-c2nc([C@H](Cc3ccccc3)NC(=O)/C=C(\C)c3cc(Cl)ccc3-n3cnnn3)[nH]c2Cl)cc1. The molecule has 0 aliphatic heterocycles. The van der Waals surface area contributed by atoms with Crippen LogP contribution in [0.3, 0.4) is 0 Å². The molecule has 0 unspecified atom stereocenters. The van der Waals surface area contributed by atoms with Gasteiger partial charge >= 0.3 is 6.09 Å². The lowest BCUT2D eigenvalue weighted by molar-refractivity contribution is -0.117. The average molecular weight is 617 g/mol. The number of amides is 2. The second kappa shape index (κ2) is 13.3. The highest BCUT2D eigenvalue weighted by Gasteiger charge is 2.22. The summed E-state index contributed by atoms with van der Waals surface area (Å²) in [6.45, 7) is 1.81. The fourth-order valence-corrected chi connectivity index (χ4v) is 4.88. The molecule has 3 N–H and O–H groups in total. The van der Waals surface area contributed by atoms with Gasteiger partial charge in [0.2, 0.25) is 5.91 Å². The van der Waals surface area contributed by atoms with Gasteiger partial charge in [-0.05, 0) is 65.2 Å². The highest BCUT2D eigenvalue weighted by atomic mass is 35.5. The minimum absolute atomic E-state index is 0.313. The number of carbonyl (C=O) groups excluding carboxylic acids is 2. The zero-order valence-electron chi connectivity index (χ0n) is 23.1. The van der Waals surface area contributed by atoms with Crippen molar-refractivity contribution in [3.8, 4) is 16.9 Å². The van der Waals surface area contributed by atoms with Crippen LogP contribution >= 0.6 is 23.2 Å². The summed E-state index contributed by atoms with van der Waals surface area (Å²) in [5.74, 6) is 0.144. The van der Waals surface area contributed by atoms with Gasteiger partial charge in [0.1, 0.15) is 23.0 Å². The van der Waals surface area contributed by atoms with Crippen molar-refractivity contribution in [2.24, 2.45) is 0 Å². The van der Waals surface area contributed by atoms with E-state index in [1.165, 1.54) is 24.2 Å². The van der Waals surface area contributed by atoms with E-state index >= 15 is 0 Å². The molecule has 0 saturated heterocycles. The second-order valence-electron chi connectivity index (χ2n) is 9.47. The van der Waals surface area contributed by atoms with Gasteiger partial charge in [0.15, 0.2) is 0 Å². The summed E-state index contributed by atoms with van der Waals surface area (Å²) in [6, 6.07) is 21.5. The number of allylic oxidation sites excluding steroid dienone is 1. The summed E-state index contributed by atoms with van der Waals surface area (Å²) in [6.07, 6.45) is 2.85. The molecule has 13 heteroatoms. The van der Waals surface area contributed by atoms with E-state index in [0.717, 1.165) is 11.1 Å². The van der Waals surface area contributed by atoms with Gasteiger partial charge in [-0.15, -0.1) is 5.10 Å². The zero-order chi connectivity index (χ0) is 30.3. The summed E-state index contributed by atoms with van der Waals surface area (Å²) in [7, 11) is 1.29. The minimum Gasteiger partial charge on any atom is -0.453 e. The van der Waals surface area contributed by atoms with E-state index in [1.54, 1.807) is 42.5 Å². The van der Waals surface area contributed by atoms with Gasteiger partial charge in [0.25, 0.3) is 0 Å². The number of ether oxygens (including phenoxy) is 1. The lowest BCUT2D eigenvalue weighted by Crippen LogP contribution is -2.29. The Bertz CT molecular complexity index is 1750. The van der Waals surface area contributed by atoms with Crippen LogP contribution in [-0.2, 0) is 16.0 Å². The number of H-pyrrole nitrogens is 1. The standard InChI is InChI=1S/C30H26Cl2N8O3/c1-18(23-16-21(31)10-13-25(23)40-17-33-38-39-40)14-26(41)35-24(15-19-6-4-3-5-7-19)29-36-27(28(32)37-29)20-8-11-22(12-9-20)34-30(42)43-2/h3-14,16-17,24H,15H2,1-2H3,(H,34,42)(H,35,41)(H,36,37)/b18-14+/t24-/m0/s1. The first-order valence-electron chi connectivity index (χ1n) is 13.1. The lowest BCUT2D eigenvalue weighted by Gasteiger charge is -2.17. The highest BCUT2D eigenvalue weighted by Crippen LogP contribution is 2.30. The van der Waals surface area contributed by atoms with E-state index in [2.05, 4.69) is 35.9 Å². The van der Waals surface area contributed by atoms with Gasteiger partial charge in [0.05, 0.1) is 18.8 Å². The van der Waals surface area contributed by atoms with Gasteiger partial charge in [-0.3, -0.25) is 10.1 Å². The number of tetrazole rings is 1. The molecule has 0 fully saturated rings. The van der Waals surface area contributed by atoms with Crippen LogP contribution in [0.15, 0.2) is 85.2 Å². The Morgan fingerprint density at radius 2 is 1.84 bits per heavy atom. The molecular formula is C30H26Cl2N8O3. The Kier molecular flexibility index (Phi) is 9.14. The first-order chi connectivity index (χ1) is 20.8. The highest BCUT2D eigenvalue weighted by molar-refractivity contribution is 6.32. The average Bonchev–Trinajstić information content (AvgIpc) is 3.68. The van der Waals surface area contributed by atoms with E-state index in [4.69, 9.17) is 28.2 Å². The summed E-state index contributed by atoms with van der Waals surface area (Å²) < 4.78 is 6.14. The van der Waals surface area contributed by atoms with E-state index in [9.17, 15) is 9.59 Å². The van der Waals surface area contributed by atoms with Crippen molar-refractivity contribution in [3.63, 3.8) is 0 Å². The van der Waals surface area contributed by atoms with Crippen molar-refractivity contribution in [2.45, 2.75) is 19.4 Å². The van der Waals surface area contributed by atoms with E-state index < -0.39 is 12.1 Å². The van der Waals surface area contributed by atoms with Crippen molar-refractivity contribution < 1.29 is 14.3 Å². The molecule has 2 heterocycles. The van der Waals surface area contributed by atoms with Crippen LogP contribution in [0, 0.1) is 0 Å². The molecule has 2 aromatic heterocycles. The van der Waals surface area contributed by atoms with Crippen molar-refractivity contribution in [3.05, 3.63) is 112 Å². The number of carbonyl (C=O) groups is 2. The number of hydrogen-bond donors (Lipinski definition) is 3. The molecule has 5 rings (SSSR count). The van der Waals surface area contributed by atoms with Crippen molar-refractivity contribution in [1.82, 2.24) is 35.5 Å². The van der Waals surface area contributed by atoms with Crippen LogP contribution < -0.4 is 10.6 Å². The van der Waals surface area contributed by atoms with Crippen molar-refractivity contribution >= 4 is 46.5 Å². The van der Waals surface area contributed by atoms with Gasteiger partial charge in [-0.1, -0.05) is 65.7 Å². The summed E-state index contributed by atoms with van der Waals surface area (Å²) in [5, 5.41) is 17.9. The maximum Gasteiger partial charge on any atom is 0.411 e. The number of imidazole rings is 1. The van der Waals surface area contributed by atoms with Gasteiger partial charge in [0, 0.05) is 27.9 Å². The molecule has 43 heavy (non-hydrogen) atoms. The quantitative estimate of drug-likeness (QED) is 0.171. The third kappa shape index (κ3) is 7.26. The van der Waals surface area contributed by atoms with Crippen LogP contribution in [0.25, 0.3) is 22.5 Å². The third-order valence-corrected chi connectivity index (χ3v) is 7.03. The largest absolute Gasteiger partial charge is 0.453 e. The maximum atomic E-state index is 13.4. The van der Waals surface area contributed by atoms with E-state index in [-0.39, 0.29) is 5.91 Å². The smallest absolute Gasteiger partial charge is 0.411 e. The molecule has 11 nitrogen and oxygen atoms in total. The Hall–Kier alpha value is -5.00. The van der Waals surface area contributed by atoms with Crippen molar-refractivity contribution in [1.29, 1.82) is 0 Å². The summed E-state index contributed by atoms with van der Waals surface area (Å²) >= 11 is 12.9. The fourth-order valence-electron chi connectivity index (χ4n) is 4.45. The Balaban J connectivity index is 1.42. The molecule has 2 amide bonds. The number of rotatable bonds is 9. The first kappa shape index (κ1) is 29.5. The number of hydrogen-bond acceptors (Lipinski definition) is 7. The molecule has 0 spiro atoms. The van der Waals surface area contributed by atoms with E-state index in [0.29, 0.717) is 50.6 Å². The monoisotopic (exact) mass is 616 g/mol. The molecule has 3 aromatic carbocycles. The van der Waals surface area contributed by atoms with Crippen LogP contribution in [-0.4, -0.2) is 49.3 Å². The van der Waals surface area contributed by atoms with Crippen molar-refractivity contribution in [2.75, 3.05) is 12.4 Å². The summed E-state index contributed by atoms with van der Waals surface area (Å²) in [5.41, 5.74) is 4.81. The summed E-state index contributed by atoms with van der Waals surface area (Å²) in [4.78, 5) is 32.8. The Morgan fingerprint density at radius 1 is 1.07 bits per heavy atom. The van der Waals surface area contributed by atoms with Gasteiger partial charge in [-0.25, -0.2) is 9.78 Å². The predicted octanol–water partition coefficient (Wildman–Crippen LogP) is 6.04. The normalized spacial score (nSPS) is 12.0.